The third-order valence-electron chi connectivity index (χ3n) is 7.76. The maximum atomic E-state index is 13.5. The Kier molecular flexibility index (Phi) is 5.54. The molecule has 5 aromatic carbocycles. The molecule has 0 amide bonds. The van der Waals surface area contributed by atoms with Crippen molar-refractivity contribution in [1.82, 2.24) is 18.9 Å². The summed E-state index contributed by atoms with van der Waals surface area (Å²) in [6.45, 7) is 0. The standard InChI is InChI=1S/C37H24N4O/c42-36-31-21-22-32(29-17-9-15-27(23-29)25-11-3-1-4-12-25)38-35(31)41-34-20-8-7-19-33(34)40(37(41)39-36)30-18-10-16-28(24-30)26-13-5-2-6-14-26/h1-24H. The highest BCUT2D eigenvalue weighted by Gasteiger charge is 2.18. The molecule has 0 unspecified atom stereocenters. The van der Waals surface area contributed by atoms with Crippen molar-refractivity contribution >= 4 is 27.8 Å². The average Bonchev–Trinajstić information content (AvgIpc) is 3.39. The van der Waals surface area contributed by atoms with Gasteiger partial charge in [-0.1, -0.05) is 103 Å². The first-order valence-corrected chi connectivity index (χ1v) is 13.9. The lowest BCUT2D eigenvalue weighted by Crippen LogP contribution is -2.13. The van der Waals surface area contributed by atoms with E-state index in [4.69, 9.17) is 4.98 Å². The molecule has 0 N–H and O–H groups in total. The molecule has 42 heavy (non-hydrogen) atoms. The maximum absolute atomic E-state index is 13.5. The largest absolute Gasteiger partial charge is 0.284 e. The van der Waals surface area contributed by atoms with E-state index in [2.05, 4.69) is 71.7 Å². The molecule has 8 rings (SSSR count). The molecule has 0 aliphatic rings. The normalized spacial score (nSPS) is 11.4. The lowest BCUT2D eigenvalue weighted by Gasteiger charge is -2.10. The molecule has 0 aliphatic heterocycles. The van der Waals surface area contributed by atoms with E-state index < -0.39 is 0 Å². The third kappa shape index (κ3) is 3.91. The van der Waals surface area contributed by atoms with Gasteiger partial charge in [0.2, 0.25) is 5.78 Å². The first kappa shape index (κ1) is 24.0. The molecule has 3 aromatic heterocycles. The van der Waals surface area contributed by atoms with Gasteiger partial charge in [-0.3, -0.25) is 13.8 Å². The third-order valence-corrected chi connectivity index (χ3v) is 7.76. The van der Waals surface area contributed by atoms with Gasteiger partial charge in [-0.2, -0.15) is 4.98 Å². The summed E-state index contributed by atoms with van der Waals surface area (Å²) in [7, 11) is 0. The van der Waals surface area contributed by atoms with Crippen LogP contribution in [0.15, 0.2) is 150 Å². The van der Waals surface area contributed by atoms with Crippen LogP contribution in [0, 0.1) is 0 Å². The molecule has 0 saturated heterocycles. The van der Waals surface area contributed by atoms with Gasteiger partial charge < -0.3 is 0 Å². The summed E-state index contributed by atoms with van der Waals surface area (Å²) < 4.78 is 4.05. The Hall–Kier alpha value is -5.81. The number of benzene rings is 5. The number of rotatable bonds is 4. The first-order chi connectivity index (χ1) is 20.7. The first-order valence-electron chi connectivity index (χ1n) is 13.9. The number of imidazole rings is 1. The predicted molar refractivity (Wildman–Crippen MR) is 170 cm³/mol. The second kappa shape index (κ2) is 9.68. The summed E-state index contributed by atoms with van der Waals surface area (Å²) in [5, 5.41) is 0.483. The zero-order valence-electron chi connectivity index (χ0n) is 22.6. The Bertz CT molecular complexity index is 2320. The van der Waals surface area contributed by atoms with Crippen molar-refractivity contribution in [2.45, 2.75) is 0 Å². The van der Waals surface area contributed by atoms with Crippen LogP contribution in [0.2, 0.25) is 0 Å². The lowest BCUT2D eigenvalue weighted by molar-refractivity contribution is 1.05. The Labute approximate surface area is 241 Å². The van der Waals surface area contributed by atoms with Gasteiger partial charge in [0.25, 0.3) is 5.56 Å². The molecule has 3 heterocycles. The summed E-state index contributed by atoms with van der Waals surface area (Å²) >= 11 is 0. The van der Waals surface area contributed by atoms with Gasteiger partial charge in [-0.15, -0.1) is 0 Å². The van der Waals surface area contributed by atoms with Gasteiger partial charge in [-0.25, -0.2) is 4.98 Å². The molecule has 5 heteroatoms. The minimum Gasteiger partial charge on any atom is -0.278 e. The number of fused-ring (bicyclic) bond motifs is 5. The van der Waals surface area contributed by atoms with Gasteiger partial charge in [-0.05, 0) is 64.7 Å². The summed E-state index contributed by atoms with van der Waals surface area (Å²) in [4.78, 5) is 23.2. The van der Waals surface area contributed by atoms with Crippen LogP contribution >= 0.6 is 0 Å². The van der Waals surface area contributed by atoms with E-state index in [-0.39, 0.29) is 5.56 Å². The van der Waals surface area contributed by atoms with Crippen molar-refractivity contribution in [2.24, 2.45) is 0 Å². The van der Waals surface area contributed by atoms with Crippen LogP contribution in [0.1, 0.15) is 0 Å². The molecule has 0 bridgehead atoms. The molecule has 0 radical (unpaired) electrons. The highest BCUT2D eigenvalue weighted by atomic mass is 16.1. The van der Waals surface area contributed by atoms with Gasteiger partial charge in [0, 0.05) is 11.3 Å². The summed E-state index contributed by atoms with van der Waals surface area (Å²) in [6, 6.07) is 49.1. The Morgan fingerprint density at radius 2 is 1.07 bits per heavy atom. The van der Waals surface area contributed by atoms with Crippen LogP contribution in [-0.4, -0.2) is 18.9 Å². The average molecular weight is 541 g/mol. The number of pyridine rings is 1. The molecule has 8 aromatic rings. The molecule has 0 atom stereocenters. The zero-order chi connectivity index (χ0) is 28.0. The molecule has 0 aliphatic carbocycles. The molecule has 0 saturated carbocycles. The lowest BCUT2D eigenvalue weighted by atomic mass is 10.0. The fraction of sp³-hybridized carbons (Fsp3) is 0. The van der Waals surface area contributed by atoms with Crippen molar-refractivity contribution in [3.63, 3.8) is 0 Å². The minimum atomic E-state index is -0.301. The fourth-order valence-corrected chi connectivity index (χ4v) is 5.76. The highest BCUT2D eigenvalue weighted by Crippen LogP contribution is 2.31. The van der Waals surface area contributed by atoms with E-state index >= 15 is 0 Å². The molecule has 198 valence electrons. The van der Waals surface area contributed by atoms with Crippen LogP contribution in [0.4, 0.5) is 0 Å². The fourth-order valence-electron chi connectivity index (χ4n) is 5.76. The highest BCUT2D eigenvalue weighted by molar-refractivity contribution is 5.90. The van der Waals surface area contributed by atoms with Crippen molar-refractivity contribution < 1.29 is 0 Å². The van der Waals surface area contributed by atoms with Gasteiger partial charge in [0.1, 0.15) is 0 Å². The number of aromatic nitrogens is 4. The Balaban J connectivity index is 1.38. The Morgan fingerprint density at radius 1 is 0.476 bits per heavy atom. The summed E-state index contributed by atoms with van der Waals surface area (Å²) in [5.41, 5.74) is 9.33. The molecule has 0 fully saturated rings. The van der Waals surface area contributed by atoms with Gasteiger partial charge in [0.05, 0.1) is 22.1 Å². The summed E-state index contributed by atoms with van der Waals surface area (Å²) in [6.07, 6.45) is 0. The van der Waals surface area contributed by atoms with E-state index in [1.165, 1.54) is 0 Å². The second-order valence-electron chi connectivity index (χ2n) is 10.3. The van der Waals surface area contributed by atoms with E-state index in [0.717, 1.165) is 50.2 Å². The molecular weight excluding hydrogens is 516 g/mol. The van der Waals surface area contributed by atoms with E-state index in [9.17, 15) is 4.79 Å². The second-order valence-corrected chi connectivity index (χ2v) is 10.3. The number of hydrogen-bond donors (Lipinski definition) is 0. The zero-order valence-corrected chi connectivity index (χ0v) is 22.6. The van der Waals surface area contributed by atoms with Crippen molar-refractivity contribution in [3.05, 3.63) is 156 Å². The minimum absolute atomic E-state index is 0.301. The molecule has 0 spiro atoms. The van der Waals surface area contributed by atoms with Crippen molar-refractivity contribution in [3.8, 4) is 39.2 Å². The predicted octanol–water partition coefficient (Wildman–Crippen LogP) is 8.19. The van der Waals surface area contributed by atoms with Crippen LogP contribution in [0.3, 0.4) is 0 Å². The van der Waals surface area contributed by atoms with E-state index in [0.29, 0.717) is 16.8 Å². The SMILES string of the molecule is O=c1nc2n(-c3cccc(-c4ccccc4)c3)c3ccccc3n2c2nc(-c3cccc(-c4ccccc4)c3)ccc12. The molecule has 5 nitrogen and oxygen atoms in total. The van der Waals surface area contributed by atoms with Crippen LogP contribution in [0.5, 0.6) is 0 Å². The van der Waals surface area contributed by atoms with E-state index in [1.54, 1.807) is 0 Å². The monoisotopic (exact) mass is 540 g/mol. The maximum Gasteiger partial charge on any atom is 0.284 e. The van der Waals surface area contributed by atoms with Crippen LogP contribution in [0.25, 0.3) is 67.0 Å². The van der Waals surface area contributed by atoms with E-state index in [1.807, 2.05) is 87.8 Å². The van der Waals surface area contributed by atoms with Crippen LogP contribution in [-0.2, 0) is 0 Å². The van der Waals surface area contributed by atoms with Gasteiger partial charge >= 0.3 is 0 Å². The Morgan fingerprint density at radius 3 is 1.81 bits per heavy atom. The van der Waals surface area contributed by atoms with Gasteiger partial charge in [0.15, 0.2) is 5.65 Å². The summed E-state index contributed by atoms with van der Waals surface area (Å²) in [5.74, 6) is 0.529. The number of hydrogen-bond acceptors (Lipinski definition) is 3. The van der Waals surface area contributed by atoms with Crippen molar-refractivity contribution in [2.75, 3.05) is 0 Å². The van der Waals surface area contributed by atoms with Crippen molar-refractivity contribution in [1.29, 1.82) is 0 Å². The number of nitrogens with zero attached hydrogens (tertiary/aromatic N) is 4. The topological polar surface area (TPSA) is 52.2 Å². The van der Waals surface area contributed by atoms with Crippen LogP contribution < -0.4 is 5.56 Å². The quantitative estimate of drug-likeness (QED) is 0.226. The number of para-hydroxylation sites is 2. The molecular formula is C37H24N4O. The smallest absolute Gasteiger partial charge is 0.278 e.